The van der Waals surface area contributed by atoms with Crippen LogP contribution in [0.3, 0.4) is 0 Å². The highest BCUT2D eigenvalue weighted by atomic mass is 15.0. The summed E-state index contributed by atoms with van der Waals surface area (Å²) in [6.07, 6.45) is 6.49. The maximum Gasteiger partial charge on any atom is 0.137 e. The van der Waals surface area contributed by atoms with Crippen molar-refractivity contribution in [3.8, 4) is 44.8 Å². The Morgan fingerprint density at radius 1 is 0.483 bits per heavy atom. The van der Waals surface area contributed by atoms with E-state index in [1.54, 1.807) is 0 Å². The number of allylic oxidation sites excluding steroid dienone is 2. The van der Waals surface area contributed by atoms with E-state index in [0.29, 0.717) is 0 Å². The van der Waals surface area contributed by atoms with E-state index in [0.717, 1.165) is 50.4 Å². The molecule has 0 bridgehead atoms. The number of aromatic nitrogens is 2. The summed E-state index contributed by atoms with van der Waals surface area (Å²) in [6.45, 7) is 6.89. The summed E-state index contributed by atoms with van der Waals surface area (Å²) in [5, 5.41) is 9.69. The number of rotatable bonds is 7. The number of fused-ring (bicyclic) bond motifs is 5. The minimum atomic E-state index is 0.924. The Kier molecular flexibility index (Phi) is 8.57. The molecule has 0 N–H and O–H groups in total. The molecule has 0 radical (unpaired) electrons. The fourth-order valence-corrected chi connectivity index (χ4v) is 9.04. The van der Waals surface area contributed by atoms with Gasteiger partial charge in [-0.3, -0.25) is 4.40 Å². The van der Waals surface area contributed by atoms with Crippen molar-refractivity contribution in [2.45, 2.75) is 6.92 Å². The van der Waals surface area contributed by atoms with Crippen LogP contribution in [0.4, 0.5) is 0 Å². The summed E-state index contributed by atoms with van der Waals surface area (Å²) in [4.78, 5) is 5.19. The lowest BCUT2D eigenvalue weighted by atomic mass is 9.84. The SMILES string of the molecule is C=C(/C=C\c1ccccc1C)c1c2ccccc2c(-c2ccc3ccccc3c2)c2ccc(-c3ccc(-c4nc5ccccn5c4-c4ccc5ccccc5c4)cc3)cc12. The van der Waals surface area contributed by atoms with Gasteiger partial charge < -0.3 is 0 Å². The average molecular weight is 765 g/mol. The van der Waals surface area contributed by atoms with Crippen LogP contribution in [0.25, 0.3) is 105 Å². The standard InChI is InChI=1S/C58H40N2/c1-38-13-3-4-14-40(38)23-22-39(2)55-50-19-9-10-20-51(50)56(48-30-26-41-15-5-7-17-45(41)35-48)52-33-32-47(37-53(52)55)43-24-28-44(29-25-43)57-58(60-34-12-11-21-54(60)59-57)49-31-27-42-16-6-8-18-46(42)36-49/h3-37H,2H2,1H3/b23-22-. The van der Waals surface area contributed by atoms with Gasteiger partial charge in [-0.2, -0.15) is 0 Å². The molecule has 0 spiro atoms. The molecular weight excluding hydrogens is 725 g/mol. The Morgan fingerprint density at radius 2 is 1.07 bits per heavy atom. The highest BCUT2D eigenvalue weighted by Gasteiger charge is 2.19. The molecule has 282 valence electrons. The highest BCUT2D eigenvalue weighted by molar-refractivity contribution is 6.20. The topological polar surface area (TPSA) is 17.3 Å². The third-order valence-corrected chi connectivity index (χ3v) is 12.1. The van der Waals surface area contributed by atoms with Crippen LogP contribution in [0, 0.1) is 6.92 Å². The van der Waals surface area contributed by atoms with Crippen LogP contribution in [-0.4, -0.2) is 9.38 Å². The van der Waals surface area contributed by atoms with Crippen LogP contribution in [0.5, 0.6) is 0 Å². The van der Waals surface area contributed by atoms with Gasteiger partial charge >= 0.3 is 0 Å². The Bertz CT molecular complexity index is 3510. The summed E-state index contributed by atoms with van der Waals surface area (Å²) < 4.78 is 2.20. The first kappa shape index (κ1) is 35.4. The molecule has 11 rings (SSSR count). The first-order valence-electron chi connectivity index (χ1n) is 20.6. The van der Waals surface area contributed by atoms with Crippen molar-refractivity contribution in [2.24, 2.45) is 0 Å². The predicted molar refractivity (Wildman–Crippen MR) is 256 cm³/mol. The molecule has 2 nitrogen and oxygen atoms in total. The van der Waals surface area contributed by atoms with E-state index in [4.69, 9.17) is 11.6 Å². The van der Waals surface area contributed by atoms with Gasteiger partial charge in [0.25, 0.3) is 0 Å². The van der Waals surface area contributed by atoms with E-state index < -0.39 is 0 Å². The zero-order chi connectivity index (χ0) is 40.2. The van der Waals surface area contributed by atoms with Crippen LogP contribution in [0.2, 0.25) is 0 Å². The fraction of sp³-hybridized carbons (Fsp3) is 0.0172. The molecule has 0 aliphatic carbocycles. The number of nitrogens with zero attached hydrogens (tertiary/aromatic N) is 2. The highest BCUT2D eigenvalue weighted by Crippen LogP contribution is 2.44. The Morgan fingerprint density at radius 3 is 1.83 bits per heavy atom. The van der Waals surface area contributed by atoms with Gasteiger partial charge in [0.05, 0.1) is 11.4 Å². The molecule has 2 heteroatoms. The van der Waals surface area contributed by atoms with Crippen LogP contribution in [0.15, 0.2) is 213 Å². The van der Waals surface area contributed by atoms with Gasteiger partial charge in [0, 0.05) is 17.3 Å². The molecule has 2 aromatic heterocycles. The van der Waals surface area contributed by atoms with Gasteiger partial charge in [-0.15, -0.1) is 0 Å². The van der Waals surface area contributed by atoms with Gasteiger partial charge in [-0.05, 0) is 125 Å². The van der Waals surface area contributed by atoms with E-state index in [-0.39, 0.29) is 0 Å². The lowest BCUT2D eigenvalue weighted by Crippen LogP contribution is -1.93. The molecule has 2 heterocycles. The van der Waals surface area contributed by atoms with Crippen molar-refractivity contribution in [1.82, 2.24) is 9.38 Å². The van der Waals surface area contributed by atoms with E-state index in [9.17, 15) is 0 Å². The molecule has 0 atom stereocenters. The summed E-state index contributed by atoms with van der Waals surface area (Å²) in [5.41, 5.74) is 14.5. The molecular formula is C58H40N2. The summed E-state index contributed by atoms with van der Waals surface area (Å²) in [5.74, 6) is 0. The summed E-state index contributed by atoms with van der Waals surface area (Å²) in [7, 11) is 0. The van der Waals surface area contributed by atoms with Crippen molar-refractivity contribution < 1.29 is 0 Å². The van der Waals surface area contributed by atoms with E-state index in [1.165, 1.54) is 65.3 Å². The number of pyridine rings is 1. The van der Waals surface area contributed by atoms with Crippen molar-refractivity contribution in [1.29, 1.82) is 0 Å². The molecule has 0 amide bonds. The van der Waals surface area contributed by atoms with Crippen LogP contribution >= 0.6 is 0 Å². The van der Waals surface area contributed by atoms with E-state index in [2.05, 4.69) is 224 Å². The van der Waals surface area contributed by atoms with E-state index in [1.807, 2.05) is 0 Å². The van der Waals surface area contributed by atoms with Crippen molar-refractivity contribution >= 4 is 60.4 Å². The second-order valence-corrected chi connectivity index (χ2v) is 15.7. The molecule has 0 aliphatic rings. The lowest BCUT2D eigenvalue weighted by molar-refractivity contribution is 1.19. The van der Waals surface area contributed by atoms with Crippen LogP contribution in [0.1, 0.15) is 16.7 Å². The molecule has 0 aliphatic heterocycles. The third kappa shape index (κ3) is 6.09. The largest absolute Gasteiger partial charge is 0.299 e. The second-order valence-electron chi connectivity index (χ2n) is 15.7. The number of hydrogen-bond acceptors (Lipinski definition) is 1. The Hall–Kier alpha value is -7.81. The van der Waals surface area contributed by atoms with Gasteiger partial charge in [0.1, 0.15) is 5.65 Å². The maximum atomic E-state index is 5.19. The monoisotopic (exact) mass is 764 g/mol. The number of imidazole rings is 1. The average Bonchev–Trinajstić information content (AvgIpc) is 3.70. The quantitative estimate of drug-likeness (QED) is 0.117. The van der Waals surface area contributed by atoms with Crippen molar-refractivity contribution in [3.05, 3.63) is 230 Å². The van der Waals surface area contributed by atoms with Gasteiger partial charge in [0.15, 0.2) is 0 Å². The Labute approximate surface area is 349 Å². The third-order valence-electron chi connectivity index (χ3n) is 12.1. The first-order chi connectivity index (χ1) is 29.6. The molecule has 0 saturated heterocycles. The molecule has 0 unspecified atom stereocenters. The number of aryl methyl sites for hydroxylation is 1. The number of hydrogen-bond donors (Lipinski definition) is 0. The summed E-state index contributed by atoms with van der Waals surface area (Å²) >= 11 is 0. The molecule has 0 saturated carbocycles. The molecule has 60 heavy (non-hydrogen) atoms. The molecule has 0 fully saturated rings. The van der Waals surface area contributed by atoms with E-state index >= 15 is 0 Å². The zero-order valence-electron chi connectivity index (χ0n) is 33.3. The van der Waals surface area contributed by atoms with Gasteiger partial charge in [0.2, 0.25) is 0 Å². The van der Waals surface area contributed by atoms with Crippen molar-refractivity contribution in [2.75, 3.05) is 0 Å². The second kappa shape index (κ2) is 14.5. The predicted octanol–water partition coefficient (Wildman–Crippen LogP) is 15.7. The lowest BCUT2D eigenvalue weighted by Gasteiger charge is -2.19. The minimum absolute atomic E-state index is 0.924. The fourth-order valence-electron chi connectivity index (χ4n) is 9.04. The molecule has 9 aromatic carbocycles. The van der Waals surface area contributed by atoms with Crippen LogP contribution in [-0.2, 0) is 0 Å². The number of benzene rings is 9. The smallest absolute Gasteiger partial charge is 0.137 e. The normalized spacial score (nSPS) is 11.8. The van der Waals surface area contributed by atoms with Crippen LogP contribution < -0.4 is 0 Å². The van der Waals surface area contributed by atoms with Gasteiger partial charge in [-0.25, -0.2) is 4.98 Å². The minimum Gasteiger partial charge on any atom is -0.299 e. The maximum absolute atomic E-state index is 5.19. The Balaban J connectivity index is 1.07. The zero-order valence-corrected chi connectivity index (χ0v) is 33.3. The van der Waals surface area contributed by atoms with Crippen molar-refractivity contribution in [3.63, 3.8) is 0 Å². The van der Waals surface area contributed by atoms with Gasteiger partial charge in [-0.1, -0.05) is 183 Å². The first-order valence-corrected chi connectivity index (χ1v) is 20.6. The molecule has 11 aromatic rings. The summed E-state index contributed by atoms with van der Waals surface area (Å²) in [6, 6.07) is 70.1.